The second-order valence-electron chi connectivity index (χ2n) is 3.65. The van der Waals surface area contributed by atoms with Crippen molar-refractivity contribution in [3.05, 3.63) is 40.1 Å². The van der Waals surface area contributed by atoms with Gasteiger partial charge in [0.05, 0.1) is 10.5 Å². The van der Waals surface area contributed by atoms with Gasteiger partial charge in [-0.05, 0) is 12.1 Å². The highest BCUT2D eigenvalue weighted by Crippen LogP contribution is 2.24. The third kappa shape index (κ3) is 1.84. The first-order valence-electron chi connectivity index (χ1n) is 4.94. The molecule has 0 saturated carbocycles. The molecule has 88 valence electrons. The van der Waals surface area contributed by atoms with Gasteiger partial charge in [0.1, 0.15) is 7.05 Å². The molecule has 0 aliphatic carbocycles. The smallest absolute Gasteiger partial charge is 0.407 e. The molecule has 0 radical (unpaired) electrons. The minimum absolute atomic E-state index is 0.0175. The van der Waals surface area contributed by atoms with Gasteiger partial charge in [-0.25, -0.2) is 0 Å². The van der Waals surface area contributed by atoms with Crippen LogP contribution in [0.2, 0.25) is 0 Å². The standard InChI is InChI=1S/C11H10N2O4/c1-7-10(14)12(2)11(17-7)8-3-5-9(6-4-8)13(15)16/h3-6H,1-2H3/p+1. The zero-order valence-corrected chi connectivity index (χ0v) is 9.38. The SMILES string of the molecule is Cc1oc(-c2ccc([N+](=O)[O-])cc2)[n+](C)c1O. The number of non-ortho nitro benzene ring substituents is 1. The third-order valence-electron chi connectivity index (χ3n) is 2.51. The molecule has 0 amide bonds. The predicted molar refractivity (Wildman–Crippen MR) is 58.4 cm³/mol. The van der Waals surface area contributed by atoms with Gasteiger partial charge in [-0.15, -0.1) is 4.57 Å². The van der Waals surface area contributed by atoms with Gasteiger partial charge in [-0.1, -0.05) is 0 Å². The van der Waals surface area contributed by atoms with E-state index >= 15 is 0 Å². The number of oxazole rings is 1. The number of aromatic nitrogens is 1. The summed E-state index contributed by atoms with van der Waals surface area (Å²) in [5.74, 6) is 0.897. The normalized spacial score (nSPS) is 10.5. The topological polar surface area (TPSA) is 80.4 Å². The van der Waals surface area contributed by atoms with Crippen LogP contribution in [0, 0.1) is 17.0 Å². The Morgan fingerprint density at radius 3 is 2.35 bits per heavy atom. The highest BCUT2D eigenvalue weighted by Gasteiger charge is 2.24. The Hall–Kier alpha value is -2.37. The van der Waals surface area contributed by atoms with Crippen LogP contribution in [0.5, 0.6) is 5.88 Å². The lowest BCUT2D eigenvalue weighted by Crippen LogP contribution is -2.28. The number of hydrogen-bond donors (Lipinski definition) is 1. The fraction of sp³-hybridized carbons (Fsp3) is 0.182. The zero-order chi connectivity index (χ0) is 12.6. The molecule has 6 heteroatoms. The second kappa shape index (κ2) is 3.89. The summed E-state index contributed by atoms with van der Waals surface area (Å²) >= 11 is 0. The Morgan fingerprint density at radius 2 is 1.94 bits per heavy atom. The molecule has 0 fully saturated rings. The molecule has 1 aromatic heterocycles. The van der Waals surface area contributed by atoms with Crippen LogP contribution in [-0.2, 0) is 7.05 Å². The summed E-state index contributed by atoms with van der Waals surface area (Å²) in [6.07, 6.45) is 0. The number of rotatable bonds is 2. The molecule has 2 rings (SSSR count). The van der Waals surface area contributed by atoms with Crippen molar-refractivity contribution in [2.45, 2.75) is 6.92 Å². The first-order valence-corrected chi connectivity index (χ1v) is 4.94. The second-order valence-corrected chi connectivity index (χ2v) is 3.65. The van der Waals surface area contributed by atoms with Gasteiger partial charge in [-0.2, -0.15) is 0 Å². The van der Waals surface area contributed by atoms with Gasteiger partial charge in [0.15, 0.2) is 0 Å². The van der Waals surface area contributed by atoms with Crippen LogP contribution >= 0.6 is 0 Å². The van der Waals surface area contributed by atoms with Crippen LogP contribution in [0.25, 0.3) is 11.5 Å². The number of aryl methyl sites for hydroxylation is 1. The van der Waals surface area contributed by atoms with Gasteiger partial charge in [-0.3, -0.25) is 10.1 Å². The molecular formula is C11H11N2O4+. The van der Waals surface area contributed by atoms with Crippen molar-refractivity contribution < 1.29 is 19.0 Å². The average molecular weight is 235 g/mol. The number of aromatic hydroxyl groups is 1. The van der Waals surface area contributed by atoms with Gasteiger partial charge < -0.3 is 9.52 Å². The molecule has 0 aliphatic heterocycles. The molecule has 0 bridgehead atoms. The quantitative estimate of drug-likeness (QED) is 0.488. The van der Waals surface area contributed by atoms with E-state index in [2.05, 4.69) is 0 Å². The number of hydrogen-bond acceptors (Lipinski definition) is 4. The van der Waals surface area contributed by atoms with E-state index in [1.165, 1.54) is 16.7 Å². The van der Waals surface area contributed by atoms with Crippen molar-refractivity contribution in [2.75, 3.05) is 0 Å². The van der Waals surface area contributed by atoms with Gasteiger partial charge in [0.25, 0.3) is 5.69 Å². The van der Waals surface area contributed by atoms with Crippen molar-refractivity contribution in [1.82, 2.24) is 0 Å². The summed E-state index contributed by atoms with van der Waals surface area (Å²) in [7, 11) is 1.66. The van der Waals surface area contributed by atoms with Crippen molar-refractivity contribution >= 4 is 5.69 Å². The van der Waals surface area contributed by atoms with Crippen LogP contribution in [0.1, 0.15) is 5.76 Å². The maximum absolute atomic E-state index is 10.5. The lowest BCUT2D eigenvalue weighted by atomic mass is 10.2. The lowest BCUT2D eigenvalue weighted by Gasteiger charge is -1.93. The van der Waals surface area contributed by atoms with Crippen molar-refractivity contribution in [3.8, 4) is 17.3 Å². The maximum Gasteiger partial charge on any atom is 0.407 e. The van der Waals surface area contributed by atoms with E-state index in [0.717, 1.165) is 0 Å². The largest absolute Gasteiger partial charge is 0.457 e. The highest BCUT2D eigenvalue weighted by molar-refractivity contribution is 5.53. The molecule has 2 aromatic rings. The van der Waals surface area contributed by atoms with E-state index in [1.807, 2.05) is 0 Å². The van der Waals surface area contributed by atoms with E-state index in [1.54, 1.807) is 26.1 Å². The minimum Gasteiger partial charge on any atom is -0.457 e. The predicted octanol–water partition coefficient (Wildman–Crippen LogP) is 1.69. The monoisotopic (exact) mass is 235 g/mol. The van der Waals surface area contributed by atoms with Crippen LogP contribution in [-0.4, -0.2) is 10.0 Å². The summed E-state index contributed by atoms with van der Waals surface area (Å²) in [4.78, 5) is 10.0. The molecule has 6 nitrogen and oxygen atoms in total. The molecule has 17 heavy (non-hydrogen) atoms. The number of benzene rings is 1. The van der Waals surface area contributed by atoms with Crippen LogP contribution in [0.4, 0.5) is 5.69 Å². The summed E-state index contributed by atoms with van der Waals surface area (Å²) < 4.78 is 6.86. The van der Waals surface area contributed by atoms with Crippen LogP contribution < -0.4 is 4.57 Å². The lowest BCUT2D eigenvalue weighted by molar-refractivity contribution is -0.668. The Morgan fingerprint density at radius 1 is 1.35 bits per heavy atom. The molecule has 0 unspecified atom stereocenters. The van der Waals surface area contributed by atoms with E-state index < -0.39 is 4.92 Å². The molecule has 0 atom stereocenters. The molecule has 0 saturated heterocycles. The van der Waals surface area contributed by atoms with Gasteiger partial charge in [0, 0.05) is 19.1 Å². The summed E-state index contributed by atoms with van der Waals surface area (Å²) in [6, 6.07) is 5.94. The first-order chi connectivity index (χ1) is 8.00. The number of nitro groups is 1. The van der Waals surface area contributed by atoms with Crippen LogP contribution in [0.3, 0.4) is 0 Å². The number of nitrogens with zero attached hydrogens (tertiary/aromatic N) is 2. The first kappa shape index (κ1) is 11.1. The van der Waals surface area contributed by atoms with Crippen LogP contribution in [0.15, 0.2) is 28.7 Å². The van der Waals surface area contributed by atoms with E-state index in [-0.39, 0.29) is 11.6 Å². The maximum atomic E-state index is 10.5. The van der Waals surface area contributed by atoms with Crippen molar-refractivity contribution in [1.29, 1.82) is 0 Å². The Bertz CT molecular complexity index is 572. The fourth-order valence-electron chi connectivity index (χ4n) is 1.57. The summed E-state index contributed by atoms with van der Waals surface area (Å²) in [5, 5.41) is 20.1. The van der Waals surface area contributed by atoms with E-state index in [9.17, 15) is 15.2 Å². The minimum atomic E-state index is -0.464. The fourth-order valence-corrected chi connectivity index (χ4v) is 1.57. The van der Waals surface area contributed by atoms with E-state index in [4.69, 9.17) is 4.42 Å². The van der Waals surface area contributed by atoms with Gasteiger partial charge in [0.2, 0.25) is 5.76 Å². The molecule has 1 heterocycles. The molecule has 1 N–H and O–H groups in total. The number of nitro benzene ring substituents is 1. The van der Waals surface area contributed by atoms with Crippen molar-refractivity contribution in [3.63, 3.8) is 0 Å². The van der Waals surface area contributed by atoms with E-state index in [0.29, 0.717) is 17.2 Å². The Balaban J connectivity index is 2.47. The van der Waals surface area contributed by atoms with Crippen molar-refractivity contribution in [2.24, 2.45) is 7.05 Å². The third-order valence-corrected chi connectivity index (χ3v) is 2.51. The highest BCUT2D eigenvalue weighted by atomic mass is 16.6. The van der Waals surface area contributed by atoms with Gasteiger partial charge >= 0.3 is 11.8 Å². The molecule has 1 aromatic carbocycles. The summed E-state index contributed by atoms with van der Waals surface area (Å²) in [6.45, 7) is 1.64. The summed E-state index contributed by atoms with van der Waals surface area (Å²) in [5.41, 5.74) is 0.686. The molecule has 0 aliphatic rings. The molecule has 0 spiro atoms. The average Bonchev–Trinajstić information content (AvgIpc) is 2.57. The molecular weight excluding hydrogens is 224 g/mol. The Labute approximate surface area is 96.9 Å². The Kier molecular flexibility index (Phi) is 2.55. The zero-order valence-electron chi connectivity index (χ0n) is 9.38.